The fourth-order valence-electron chi connectivity index (χ4n) is 4.57. The Labute approximate surface area is 219 Å². The van der Waals surface area contributed by atoms with E-state index in [1.165, 1.54) is 6.92 Å². The highest BCUT2D eigenvalue weighted by Crippen LogP contribution is 2.35. The quantitative estimate of drug-likeness (QED) is 0.363. The molecular weight excluding hydrogens is 486 g/mol. The lowest BCUT2D eigenvalue weighted by molar-refractivity contribution is -0.121. The summed E-state index contributed by atoms with van der Waals surface area (Å²) < 4.78 is 11.4. The molecule has 5 rings (SSSR count). The van der Waals surface area contributed by atoms with Crippen LogP contribution in [0.15, 0.2) is 66.7 Å². The zero-order valence-corrected chi connectivity index (χ0v) is 21.1. The summed E-state index contributed by atoms with van der Waals surface area (Å²) in [7, 11) is 0. The van der Waals surface area contributed by atoms with Crippen molar-refractivity contribution in [3.8, 4) is 11.5 Å². The first-order chi connectivity index (χ1) is 18.3. The van der Waals surface area contributed by atoms with E-state index in [1.54, 1.807) is 47.4 Å². The molecule has 0 fully saturated rings. The van der Waals surface area contributed by atoms with E-state index in [-0.39, 0.29) is 23.6 Å². The van der Waals surface area contributed by atoms with Gasteiger partial charge in [-0.3, -0.25) is 24.1 Å². The number of carbonyl (C=O) groups excluding carboxylic acids is 4. The predicted molar refractivity (Wildman–Crippen MR) is 141 cm³/mol. The zero-order valence-electron chi connectivity index (χ0n) is 21.1. The number of ether oxygens (including phenoxy) is 2. The zero-order chi connectivity index (χ0) is 26.8. The van der Waals surface area contributed by atoms with Gasteiger partial charge in [0.05, 0.1) is 23.4 Å². The van der Waals surface area contributed by atoms with Gasteiger partial charge >= 0.3 is 0 Å². The number of amides is 4. The van der Waals surface area contributed by atoms with Crippen LogP contribution in [0, 0.1) is 6.92 Å². The Kier molecular flexibility index (Phi) is 6.83. The number of benzene rings is 3. The van der Waals surface area contributed by atoms with E-state index >= 15 is 0 Å². The molecule has 2 aliphatic rings. The first-order valence-corrected chi connectivity index (χ1v) is 12.4. The molecule has 2 heterocycles. The van der Waals surface area contributed by atoms with Crippen LogP contribution in [0.2, 0.25) is 0 Å². The van der Waals surface area contributed by atoms with Crippen molar-refractivity contribution in [3.05, 3.63) is 83.4 Å². The van der Waals surface area contributed by atoms with Crippen LogP contribution < -0.4 is 19.7 Å². The Bertz CT molecular complexity index is 1400. The number of imide groups is 1. The van der Waals surface area contributed by atoms with E-state index in [1.807, 2.05) is 31.2 Å². The molecule has 0 saturated carbocycles. The Morgan fingerprint density at radius 3 is 2.45 bits per heavy atom. The van der Waals surface area contributed by atoms with Gasteiger partial charge in [-0.1, -0.05) is 24.3 Å². The van der Waals surface area contributed by atoms with Crippen molar-refractivity contribution in [2.24, 2.45) is 0 Å². The summed E-state index contributed by atoms with van der Waals surface area (Å²) in [4.78, 5) is 53.8. The fraction of sp³-hybridized carbons (Fsp3) is 0.241. The standard InChI is InChI=1S/C29H27N3O6/c1-18-7-5-8-21(15-18)37-14-6-13-31-24-16-20(11-12-25(24)38-17-26(31)33)30-27(34)19(2)32-28(35)22-9-3-4-10-23(22)29(32)36/h3-5,7-12,15-16,19H,6,13-14,17H2,1-2H3,(H,30,34). The van der Waals surface area contributed by atoms with Gasteiger partial charge in [0.25, 0.3) is 17.7 Å². The van der Waals surface area contributed by atoms with Gasteiger partial charge in [0.1, 0.15) is 17.5 Å². The van der Waals surface area contributed by atoms with Gasteiger partial charge in [-0.25, -0.2) is 0 Å². The molecule has 0 aromatic heterocycles. The van der Waals surface area contributed by atoms with Crippen LogP contribution in [-0.4, -0.2) is 54.3 Å². The van der Waals surface area contributed by atoms with Crippen LogP contribution in [-0.2, 0) is 9.59 Å². The number of hydrogen-bond acceptors (Lipinski definition) is 6. The van der Waals surface area contributed by atoms with E-state index in [4.69, 9.17) is 9.47 Å². The van der Waals surface area contributed by atoms with E-state index in [9.17, 15) is 19.2 Å². The Hall–Kier alpha value is -4.66. The monoisotopic (exact) mass is 513 g/mol. The second-order valence-corrected chi connectivity index (χ2v) is 9.23. The van der Waals surface area contributed by atoms with Crippen molar-refractivity contribution in [2.75, 3.05) is 30.0 Å². The topological polar surface area (TPSA) is 105 Å². The minimum atomic E-state index is -1.04. The molecule has 3 aromatic carbocycles. The van der Waals surface area contributed by atoms with E-state index in [2.05, 4.69) is 5.32 Å². The minimum Gasteiger partial charge on any atom is -0.494 e. The number of nitrogens with one attached hydrogen (secondary N) is 1. The van der Waals surface area contributed by atoms with Crippen LogP contribution in [0.4, 0.5) is 11.4 Å². The number of hydrogen-bond donors (Lipinski definition) is 1. The maximum absolute atomic E-state index is 13.0. The Morgan fingerprint density at radius 2 is 1.74 bits per heavy atom. The van der Waals surface area contributed by atoms with E-state index in [0.717, 1.165) is 16.2 Å². The van der Waals surface area contributed by atoms with Gasteiger partial charge in [-0.2, -0.15) is 0 Å². The molecule has 2 aliphatic heterocycles. The summed E-state index contributed by atoms with van der Waals surface area (Å²) in [6.07, 6.45) is 0.590. The molecule has 1 unspecified atom stereocenters. The SMILES string of the molecule is Cc1cccc(OCCCN2C(=O)COc3ccc(NC(=O)C(C)N4C(=O)c5ccccc5C4=O)cc32)c1. The molecule has 1 N–H and O–H groups in total. The molecule has 3 aromatic rings. The van der Waals surface area contributed by atoms with Crippen molar-refractivity contribution in [1.29, 1.82) is 0 Å². The number of nitrogens with zero attached hydrogens (tertiary/aromatic N) is 2. The maximum atomic E-state index is 13.0. The van der Waals surface area contributed by atoms with Crippen LogP contribution >= 0.6 is 0 Å². The smallest absolute Gasteiger partial charge is 0.265 e. The third-order valence-corrected chi connectivity index (χ3v) is 6.55. The van der Waals surface area contributed by atoms with E-state index in [0.29, 0.717) is 36.7 Å². The summed E-state index contributed by atoms with van der Waals surface area (Å²) in [6.45, 7) is 4.26. The molecule has 194 valence electrons. The molecule has 9 heteroatoms. The first-order valence-electron chi connectivity index (χ1n) is 12.4. The third-order valence-electron chi connectivity index (χ3n) is 6.55. The predicted octanol–water partition coefficient (Wildman–Crippen LogP) is 3.81. The second-order valence-electron chi connectivity index (χ2n) is 9.23. The highest BCUT2D eigenvalue weighted by atomic mass is 16.5. The fourth-order valence-corrected chi connectivity index (χ4v) is 4.57. The molecule has 9 nitrogen and oxygen atoms in total. The van der Waals surface area contributed by atoms with Crippen molar-refractivity contribution < 1.29 is 28.7 Å². The molecular formula is C29H27N3O6. The minimum absolute atomic E-state index is 0.0752. The maximum Gasteiger partial charge on any atom is 0.265 e. The van der Waals surface area contributed by atoms with Gasteiger partial charge in [-0.05, 0) is 68.3 Å². The first kappa shape index (κ1) is 25.0. The second kappa shape index (κ2) is 10.4. The highest BCUT2D eigenvalue weighted by Gasteiger charge is 2.40. The number of rotatable bonds is 8. The van der Waals surface area contributed by atoms with Gasteiger partial charge in [0.15, 0.2) is 6.61 Å². The Morgan fingerprint density at radius 1 is 1.00 bits per heavy atom. The van der Waals surface area contributed by atoms with Crippen LogP contribution in [0.1, 0.15) is 39.6 Å². The van der Waals surface area contributed by atoms with Gasteiger partial charge in [-0.15, -0.1) is 0 Å². The lowest BCUT2D eigenvalue weighted by atomic mass is 10.1. The van der Waals surface area contributed by atoms with E-state index < -0.39 is 23.8 Å². The summed E-state index contributed by atoms with van der Waals surface area (Å²) in [5.41, 5.74) is 2.61. The molecule has 1 atom stereocenters. The van der Waals surface area contributed by atoms with Crippen molar-refractivity contribution in [2.45, 2.75) is 26.3 Å². The van der Waals surface area contributed by atoms with Gasteiger partial charge in [0, 0.05) is 12.2 Å². The molecule has 0 bridgehead atoms. The van der Waals surface area contributed by atoms with Gasteiger partial charge in [0.2, 0.25) is 5.91 Å². The number of carbonyl (C=O) groups is 4. The van der Waals surface area contributed by atoms with Crippen LogP contribution in [0.25, 0.3) is 0 Å². The third kappa shape index (κ3) is 4.82. The summed E-state index contributed by atoms with van der Waals surface area (Å²) in [5, 5.41) is 2.76. The average molecular weight is 514 g/mol. The highest BCUT2D eigenvalue weighted by molar-refractivity contribution is 6.23. The Balaban J connectivity index is 1.25. The number of anilines is 2. The summed E-state index contributed by atoms with van der Waals surface area (Å²) in [6, 6.07) is 18.2. The molecule has 0 spiro atoms. The number of fused-ring (bicyclic) bond motifs is 2. The summed E-state index contributed by atoms with van der Waals surface area (Å²) >= 11 is 0. The molecule has 0 aliphatic carbocycles. The number of aryl methyl sites for hydroxylation is 1. The molecule has 0 radical (unpaired) electrons. The van der Waals surface area contributed by atoms with Crippen molar-refractivity contribution in [1.82, 2.24) is 4.90 Å². The van der Waals surface area contributed by atoms with Gasteiger partial charge < -0.3 is 19.7 Å². The molecule has 0 saturated heterocycles. The lowest BCUT2D eigenvalue weighted by Gasteiger charge is -2.30. The molecule has 4 amide bonds. The summed E-state index contributed by atoms with van der Waals surface area (Å²) in [5.74, 6) is -0.434. The largest absolute Gasteiger partial charge is 0.494 e. The average Bonchev–Trinajstić information content (AvgIpc) is 3.17. The molecule has 38 heavy (non-hydrogen) atoms. The van der Waals surface area contributed by atoms with Crippen LogP contribution in [0.3, 0.4) is 0 Å². The lowest BCUT2D eigenvalue weighted by Crippen LogP contribution is -2.45. The van der Waals surface area contributed by atoms with Crippen LogP contribution in [0.5, 0.6) is 11.5 Å². The normalized spacial score (nSPS) is 15.1. The van der Waals surface area contributed by atoms with Crippen molar-refractivity contribution >= 4 is 35.0 Å². The van der Waals surface area contributed by atoms with Crippen molar-refractivity contribution in [3.63, 3.8) is 0 Å².